The van der Waals surface area contributed by atoms with Crippen molar-refractivity contribution in [1.82, 2.24) is 20.2 Å². The molecule has 0 amide bonds. The number of benzene rings is 1. The lowest BCUT2D eigenvalue weighted by molar-refractivity contribution is 0.598. The normalized spacial score (nSPS) is 12.7. The van der Waals surface area contributed by atoms with E-state index >= 15 is 0 Å². The molecule has 1 aromatic carbocycles. The van der Waals surface area contributed by atoms with Crippen LogP contribution >= 0.6 is 0 Å². The molecule has 1 unspecified atom stereocenters. The molecule has 1 atom stereocenters. The van der Waals surface area contributed by atoms with Crippen LogP contribution in [0.4, 0.5) is 0 Å². The van der Waals surface area contributed by atoms with Crippen LogP contribution in [0.15, 0.2) is 48.9 Å². The fourth-order valence-corrected chi connectivity index (χ4v) is 2.54. The molecule has 2 heterocycles. The van der Waals surface area contributed by atoms with Crippen molar-refractivity contribution in [1.29, 1.82) is 0 Å². The number of hydrazine groups is 1. The van der Waals surface area contributed by atoms with Crippen molar-refractivity contribution in [3.8, 4) is 0 Å². The molecule has 0 aliphatic carbocycles. The number of hydrogen-bond donors (Lipinski definition) is 2. The Balaban J connectivity index is 1.96. The van der Waals surface area contributed by atoms with E-state index in [9.17, 15) is 0 Å². The summed E-state index contributed by atoms with van der Waals surface area (Å²) in [5.41, 5.74) is 6.04. The Morgan fingerprint density at radius 3 is 3.00 bits per heavy atom. The van der Waals surface area contributed by atoms with E-state index in [1.54, 1.807) is 6.20 Å². The third kappa shape index (κ3) is 2.79. The van der Waals surface area contributed by atoms with Gasteiger partial charge in [0.25, 0.3) is 0 Å². The lowest BCUT2D eigenvalue weighted by Gasteiger charge is -2.15. The maximum absolute atomic E-state index is 5.76. The van der Waals surface area contributed by atoms with Gasteiger partial charge in [0.2, 0.25) is 0 Å². The van der Waals surface area contributed by atoms with Crippen LogP contribution in [-0.4, -0.2) is 14.8 Å². The first-order valence-electron chi connectivity index (χ1n) is 7.15. The third-order valence-corrected chi connectivity index (χ3v) is 3.57. The predicted octanol–water partition coefficient (Wildman–Crippen LogP) is 2.39. The number of pyridine rings is 1. The van der Waals surface area contributed by atoms with E-state index < -0.39 is 0 Å². The Bertz CT molecular complexity index is 734. The first-order valence-corrected chi connectivity index (χ1v) is 7.15. The summed E-state index contributed by atoms with van der Waals surface area (Å²) in [4.78, 5) is 4.34. The third-order valence-electron chi connectivity index (χ3n) is 3.57. The first kappa shape index (κ1) is 13.7. The highest BCUT2D eigenvalue weighted by molar-refractivity contribution is 5.79. The zero-order valence-electron chi connectivity index (χ0n) is 12.0. The van der Waals surface area contributed by atoms with Gasteiger partial charge in [0.05, 0.1) is 17.8 Å². The standard InChI is InChI=1S/C16H19N5/c1-2-8-21-11-14(10-19-21)16(20-17)13-5-6-15-12(9-13)4-3-7-18-15/h3-7,9-11,16,20H,2,8,17H2,1H3. The van der Waals surface area contributed by atoms with E-state index in [1.165, 1.54) is 0 Å². The van der Waals surface area contributed by atoms with Gasteiger partial charge in [-0.3, -0.25) is 15.5 Å². The molecular weight excluding hydrogens is 262 g/mol. The zero-order chi connectivity index (χ0) is 14.7. The fraction of sp³-hybridized carbons (Fsp3) is 0.250. The molecule has 0 saturated carbocycles. The molecule has 2 aromatic heterocycles. The number of nitrogens with two attached hydrogens (primary N) is 1. The minimum atomic E-state index is -0.0692. The summed E-state index contributed by atoms with van der Waals surface area (Å²) in [7, 11) is 0. The highest BCUT2D eigenvalue weighted by Crippen LogP contribution is 2.24. The van der Waals surface area contributed by atoms with Gasteiger partial charge in [-0.05, 0) is 30.2 Å². The van der Waals surface area contributed by atoms with E-state index in [1.807, 2.05) is 29.2 Å². The molecule has 0 radical (unpaired) electrons. The molecule has 0 aliphatic rings. The van der Waals surface area contributed by atoms with Gasteiger partial charge in [-0.15, -0.1) is 0 Å². The second-order valence-corrected chi connectivity index (χ2v) is 5.09. The van der Waals surface area contributed by atoms with Gasteiger partial charge >= 0.3 is 0 Å². The molecule has 0 saturated heterocycles. The second-order valence-electron chi connectivity index (χ2n) is 5.09. The Morgan fingerprint density at radius 2 is 2.19 bits per heavy atom. The lowest BCUT2D eigenvalue weighted by atomic mass is 10.0. The van der Waals surface area contributed by atoms with Crippen molar-refractivity contribution in [2.75, 3.05) is 0 Å². The first-order chi connectivity index (χ1) is 10.3. The van der Waals surface area contributed by atoms with Crippen molar-refractivity contribution in [2.24, 2.45) is 5.84 Å². The van der Waals surface area contributed by atoms with Gasteiger partial charge in [-0.1, -0.05) is 19.1 Å². The van der Waals surface area contributed by atoms with E-state index in [0.29, 0.717) is 0 Å². The summed E-state index contributed by atoms with van der Waals surface area (Å²) in [6.07, 6.45) is 6.77. The topological polar surface area (TPSA) is 68.8 Å². The van der Waals surface area contributed by atoms with E-state index in [2.05, 4.69) is 40.6 Å². The zero-order valence-corrected chi connectivity index (χ0v) is 12.0. The molecule has 3 rings (SSSR count). The van der Waals surface area contributed by atoms with Crippen LogP contribution in [0.1, 0.15) is 30.5 Å². The number of nitrogens with zero attached hydrogens (tertiary/aromatic N) is 3. The number of hydrogen-bond acceptors (Lipinski definition) is 4. The minimum Gasteiger partial charge on any atom is -0.272 e. The molecule has 3 aromatic rings. The van der Waals surface area contributed by atoms with Gasteiger partial charge < -0.3 is 0 Å². The van der Waals surface area contributed by atoms with Crippen LogP contribution in [0.5, 0.6) is 0 Å². The van der Waals surface area contributed by atoms with E-state index in [4.69, 9.17) is 5.84 Å². The smallest absolute Gasteiger partial charge is 0.0740 e. The Labute approximate surface area is 123 Å². The maximum Gasteiger partial charge on any atom is 0.0740 e. The SMILES string of the molecule is CCCn1cc(C(NN)c2ccc3ncccc3c2)cn1. The van der Waals surface area contributed by atoms with Gasteiger partial charge in [0.15, 0.2) is 0 Å². The molecule has 0 fully saturated rings. The van der Waals surface area contributed by atoms with Crippen molar-refractivity contribution < 1.29 is 0 Å². The van der Waals surface area contributed by atoms with Gasteiger partial charge in [-0.2, -0.15) is 5.10 Å². The fourth-order valence-electron chi connectivity index (χ4n) is 2.54. The Morgan fingerprint density at radius 1 is 1.29 bits per heavy atom. The molecule has 21 heavy (non-hydrogen) atoms. The number of fused-ring (bicyclic) bond motifs is 1. The molecule has 5 heteroatoms. The van der Waals surface area contributed by atoms with Crippen LogP contribution in [0.3, 0.4) is 0 Å². The Kier molecular flexibility index (Phi) is 3.94. The maximum atomic E-state index is 5.76. The van der Waals surface area contributed by atoms with Crippen molar-refractivity contribution in [2.45, 2.75) is 25.9 Å². The van der Waals surface area contributed by atoms with Crippen LogP contribution in [0, 0.1) is 0 Å². The van der Waals surface area contributed by atoms with Crippen molar-refractivity contribution >= 4 is 10.9 Å². The molecule has 108 valence electrons. The van der Waals surface area contributed by atoms with Gasteiger partial charge in [0.1, 0.15) is 0 Å². The number of rotatable bonds is 5. The van der Waals surface area contributed by atoms with Crippen LogP contribution < -0.4 is 11.3 Å². The number of aromatic nitrogens is 3. The van der Waals surface area contributed by atoms with Crippen LogP contribution in [0.25, 0.3) is 10.9 Å². The predicted molar refractivity (Wildman–Crippen MR) is 83.4 cm³/mol. The molecule has 0 aliphatic heterocycles. The average Bonchev–Trinajstić information content (AvgIpc) is 2.97. The van der Waals surface area contributed by atoms with Gasteiger partial charge in [-0.25, -0.2) is 5.43 Å². The largest absolute Gasteiger partial charge is 0.272 e. The Hall–Kier alpha value is -2.24. The summed E-state index contributed by atoms with van der Waals surface area (Å²) < 4.78 is 1.95. The van der Waals surface area contributed by atoms with Gasteiger partial charge in [0, 0.05) is 29.9 Å². The molecule has 0 spiro atoms. The highest BCUT2D eigenvalue weighted by Gasteiger charge is 2.15. The molecule has 5 nitrogen and oxygen atoms in total. The van der Waals surface area contributed by atoms with E-state index in [0.717, 1.165) is 35.0 Å². The summed E-state index contributed by atoms with van der Waals surface area (Å²) in [6.45, 7) is 3.05. The summed E-state index contributed by atoms with van der Waals surface area (Å²) in [5.74, 6) is 5.76. The van der Waals surface area contributed by atoms with Crippen molar-refractivity contribution in [3.63, 3.8) is 0 Å². The highest BCUT2D eigenvalue weighted by atomic mass is 15.3. The minimum absolute atomic E-state index is 0.0692. The molecular formula is C16H19N5. The molecule has 0 bridgehead atoms. The van der Waals surface area contributed by atoms with Crippen LogP contribution in [0.2, 0.25) is 0 Å². The second kappa shape index (κ2) is 6.03. The van der Waals surface area contributed by atoms with Crippen LogP contribution in [-0.2, 0) is 6.54 Å². The summed E-state index contributed by atoms with van der Waals surface area (Å²) in [6, 6.07) is 10.1. The monoisotopic (exact) mass is 281 g/mol. The number of nitrogens with one attached hydrogen (secondary N) is 1. The average molecular weight is 281 g/mol. The van der Waals surface area contributed by atoms with Crippen molar-refractivity contribution in [3.05, 3.63) is 60.0 Å². The summed E-state index contributed by atoms with van der Waals surface area (Å²) >= 11 is 0. The summed E-state index contributed by atoms with van der Waals surface area (Å²) in [5, 5.41) is 5.48. The van der Waals surface area contributed by atoms with E-state index in [-0.39, 0.29) is 6.04 Å². The lowest BCUT2D eigenvalue weighted by Crippen LogP contribution is -2.28. The number of aryl methyl sites for hydroxylation is 1. The quantitative estimate of drug-likeness (QED) is 0.556. The molecule has 3 N–H and O–H groups in total.